The summed E-state index contributed by atoms with van der Waals surface area (Å²) in [4.78, 5) is 4.32. The van der Waals surface area contributed by atoms with Crippen LogP contribution in [0.3, 0.4) is 0 Å². The Balaban J connectivity index is 2.01. The van der Waals surface area contributed by atoms with E-state index >= 15 is 0 Å². The van der Waals surface area contributed by atoms with Crippen LogP contribution in [0, 0.1) is 0 Å². The summed E-state index contributed by atoms with van der Waals surface area (Å²) in [5.41, 5.74) is 7.73. The molecule has 0 spiro atoms. The van der Waals surface area contributed by atoms with Crippen LogP contribution in [0.2, 0.25) is 10.0 Å². The van der Waals surface area contributed by atoms with Gasteiger partial charge in [-0.05, 0) is 42.5 Å². The van der Waals surface area contributed by atoms with E-state index in [-0.39, 0.29) is 0 Å². The number of hydrogen-bond donors (Lipinski definition) is 1. The summed E-state index contributed by atoms with van der Waals surface area (Å²) in [5.74, 6) is 0.792. The minimum Gasteiger partial charge on any atom is -0.399 e. The zero-order chi connectivity index (χ0) is 14.1. The first-order chi connectivity index (χ1) is 9.63. The molecule has 0 aliphatic carbocycles. The van der Waals surface area contributed by atoms with E-state index in [1.54, 1.807) is 30.3 Å². The molecule has 6 heteroatoms. The van der Waals surface area contributed by atoms with Crippen LogP contribution in [0.25, 0.3) is 22.8 Å². The average Bonchev–Trinajstić information content (AvgIpc) is 2.92. The molecular formula is C14H9Cl2N3O. The van der Waals surface area contributed by atoms with Crippen molar-refractivity contribution in [2.45, 2.75) is 0 Å². The molecule has 1 aromatic heterocycles. The molecule has 0 aliphatic heterocycles. The van der Waals surface area contributed by atoms with Gasteiger partial charge in [0.05, 0.1) is 5.02 Å². The number of halogens is 2. The molecule has 0 saturated heterocycles. The van der Waals surface area contributed by atoms with Gasteiger partial charge >= 0.3 is 0 Å². The van der Waals surface area contributed by atoms with Crippen molar-refractivity contribution < 1.29 is 4.52 Å². The maximum Gasteiger partial charge on any atom is 0.258 e. The molecule has 0 bridgehead atoms. The van der Waals surface area contributed by atoms with Gasteiger partial charge in [0.25, 0.3) is 5.89 Å². The van der Waals surface area contributed by atoms with Crippen molar-refractivity contribution in [2.75, 3.05) is 5.73 Å². The molecule has 0 aliphatic rings. The van der Waals surface area contributed by atoms with Crippen molar-refractivity contribution in [3.63, 3.8) is 0 Å². The number of nitrogen functional groups attached to an aromatic ring is 1. The second-order valence-corrected chi connectivity index (χ2v) is 5.01. The lowest BCUT2D eigenvalue weighted by atomic mass is 10.2. The fourth-order valence-corrected chi connectivity index (χ4v) is 2.12. The predicted octanol–water partition coefficient (Wildman–Crippen LogP) is 4.29. The van der Waals surface area contributed by atoms with Crippen LogP contribution in [0.15, 0.2) is 47.0 Å². The summed E-state index contributed by atoms with van der Waals surface area (Å²) in [6, 6.07) is 12.3. The van der Waals surface area contributed by atoms with Crippen LogP contribution in [-0.2, 0) is 0 Å². The maximum absolute atomic E-state index is 6.11. The van der Waals surface area contributed by atoms with E-state index in [4.69, 9.17) is 33.5 Å². The van der Waals surface area contributed by atoms with Gasteiger partial charge in [-0.1, -0.05) is 28.4 Å². The number of anilines is 1. The van der Waals surface area contributed by atoms with Crippen LogP contribution < -0.4 is 5.73 Å². The molecule has 4 nitrogen and oxygen atoms in total. The highest BCUT2D eigenvalue weighted by atomic mass is 35.5. The molecular weight excluding hydrogens is 297 g/mol. The smallest absolute Gasteiger partial charge is 0.258 e. The Hall–Kier alpha value is -2.04. The standard InChI is InChI=1S/C14H9Cl2N3O/c15-9-3-6-12(16)11(7-9)13-18-14(20-19-13)8-1-4-10(17)5-2-8/h1-7H,17H2. The van der Waals surface area contributed by atoms with E-state index in [1.165, 1.54) is 0 Å². The average molecular weight is 306 g/mol. The monoisotopic (exact) mass is 305 g/mol. The summed E-state index contributed by atoms with van der Waals surface area (Å²) in [6.45, 7) is 0. The predicted molar refractivity (Wildman–Crippen MR) is 79.6 cm³/mol. The molecule has 0 atom stereocenters. The summed E-state index contributed by atoms with van der Waals surface area (Å²) < 4.78 is 5.24. The highest BCUT2D eigenvalue weighted by molar-refractivity contribution is 6.35. The van der Waals surface area contributed by atoms with Gasteiger partial charge in [-0.3, -0.25) is 0 Å². The van der Waals surface area contributed by atoms with E-state index in [1.807, 2.05) is 12.1 Å². The number of benzene rings is 2. The Morgan fingerprint density at radius 3 is 2.50 bits per heavy atom. The normalized spacial score (nSPS) is 10.7. The van der Waals surface area contributed by atoms with Gasteiger partial charge in [0.2, 0.25) is 5.82 Å². The Labute approximate surface area is 125 Å². The number of nitrogens with zero attached hydrogens (tertiary/aromatic N) is 2. The Morgan fingerprint density at radius 2 is 1.75 bits per heavy atom. The molecule has 100 valence electrons. The van der Waals surface area contributed by atoms with E-state index in [2.05, 4.69) is 10.1 Å². The molecule has 20 heavy (non-hydrogen) atoms. The van der Waals surface area contributed by atoms with Gasteiger partial charge in [0.1, 0.15) is 0 Å². The summed E-state index contributed by atoms with van der Waals surface area (Å²) >= 11 is 12.1. The first kappa shape index (κ1) is 13.0. The van der Waals surface area contributed by atoms with E-state index in [0.717, 1.165) is 5.56 Å². The van der Waals surface area contributed by atoms with Crippen LogP contribution in [0.4, 0.5) is 5.69 Å². The molecule has 3 aromatic rings. The van der Waals surface area contributed by atoms with Crippen molar-refractivity contribution in [3.8, 4) is 22.8 Å². The second-order valence-electron chi connectivity index (χ2n) is 4.17. The van der Waals surface area contributed by atoms with Gasteiger partial charge in [-0.2, -0.15) is 4.98 Å². The topological polar surface area (TPSA) is 64.9 Å². The van der Waals surface area contributed by atoms with Gasteiger partial charge < -0.3 is 10.3 Å². The van der Waals surface area contributed by atoms with Gasteiger partial charge in [0, 0.05) is 21.8 Å². The second kappa shape index (κ2) is 5.15. The number of nitrogens with two attached hydrogens (primary N) is 1. The molecule has 2 N–H and O–H groups in total. The van der Waals surface area contributed by atoms with Crippen molar-refractivity contribution in [1.82, 2.24) is 10.1 Å². The first-order valence-corrected chi connectivity index (χ1v) is 6.54. The van der Waals surface area contributed by atoms with Crippen LogP contribution in [0.1, 0.15) is 0 Å². The van der Waals surface area contributed by atoms with Gasteiger partial charge in [-0.25, -0.2) is 0 Å². The molecule has 0 amide bonds. The lowest BCUT2D eigenvalue weighted by molar-refractivity contribution is 0.432. The SMILES string of the molecule is Nc1ccc(-c2nc(-c3cc(Cl)ccc3Cl)no2)cc1. The van der Waals surface area contributed by atoms with Crippen molar-refractivity contribution in [2.24, 2.45) is 0 Å². The zero-order valence-corrected chi connectivity index (χ0v) is 11.7. The molecule has 0 unspecified atom stereocenters. The summed E-state index contributed by atoms with van der Waals surface area (Å²) in [7, 11) is 0. The number of aromatic nitrogens is 2. The van der Waals surface area contributed by atoms with Crippen LogP contribution >= 0.6 is 23.2 Å². The largest absolute Gasteiger partial charge is 0.399 e. The van der Waals surface area contributed by atoms with Crippen molar-refractivity contribution in [3.05, 3.63) is 52.5 Å². The van der Waals surface area contributed by atoms with E-state index < -0.39 is 0 Å². The molecule has 2 aromatic carbocycles. The third kappa shape index (κ3) is 2.48. The maximum atomic E-state index is 6.11. The Kier molecular flexibility index (Phi) is 3.34. The van der Waals surface area contributed by atoms with Crippen LogP contribution in [0.5, 0.6) is 0 Å². The first-order valence-electron chi connectivity index (χ1n) is 5.78. The van der Waals surface area contributed by atoms with Crippen LogP contribution in [-0.4, -0.2) is 10.1 Å². The Bertz CT molecular complexity index is 753. The minimum atomic E-state index is 0.393. The van der Waals surface area contributed by atoms with Crippen molar-refractivity contribution >= 4 is 28.9 Å². The molecule has 0 saturated carbocycles. The van der Waals surface area contributed by atoms with E-state index in [0.29, 0.717) is 33.0 Å². The van der Waals surface area contributed by atoms with Crippen molar-refractivity contribution in [1.29, 1.82) is 0 Å². The molecule has 0 fully saturated rings. The third-order valence-corrected chi connectivity index (χ3v) is 3.32. The van der Waals surface area contributed by atoms with Gasteiger partial charge in [-0.15, -0.1) is 0 Å². The summed E-state index contributed by atoms with van der Waals surface area (Å²) in [6.07, 6.45) is 0. The van der Waals surface area contributed by atoms with E-state index in [9.17, 15) is 0 Å². The number of rotatable bonds is 2. The quantitative estimate of drug-likeness (QED) is 0.717. The lowest BCUT2D eigenvalue weighted by Crippen LogP contribution is -1.85. The molecule has 3 rings (SSSR count). The summed E-state index contributed by atoms with van der Waals surface area (Å²) in [5, 5.41) is 5.00. The Morgan fingerprint density at radius 1 is 1.00 bits per heavy atom. The highest BCUT2D eigenvalue weighted by Crippen LogP contribution is 2.30. The third-order valence-electron chi connectivity index (χ3n) is 2.75. The number of hydrogen-bond acceptors (Lipinski definition) is 4. The minimum absolute atomic E-state index is 0.393. The van der Waals surface area contributed by atoms with Gasteiger partial charge in [0.15, 0.2) is 0 Å². The fraction of sp³-hybridized carbons (Fsp3) is 0. The molecule has 1 heterocycles. The molecule has 0 radical (unpaired) electrons. The zero-order valence-electron chi connectivity index (χ0n) is 10.2. The lowest BCUT2D eigenvalue weighted by Gasteiger charge is -1.98. The fourth-order valence-electron chi connectivity index (χ4n) is 1.74. The highest BCUT2D eigenvalue weighted by Gasteiger charge is 2.13.